The summed E-state index contributed by atoms with van der Waals surface area (Å²) >= 11 is 5.81. The van der Waals surface area contributed by atoms with Crippen LogP contribution in [0.3, 0.4) is 0 Å². The molecule has 0 aliphatic heterocycles. The van der Waals surface area contributed by atoms with Gasteiger partial charge in [-0.1, -0.05) is 11.6 Å². The molecule has 1 aliphatic carbocycles. The fourth-order valence-corrected chi connectivity index (χ4v) is 2.87. The summed E-state index contributed by atoms with van der Waals surface area (Å²) in [6.07, 6.45) is -1.92. The first kappa shape index (κ1) is 18.5. The summed E-state index contributed by atoms with van der Waals surface area (Å²) in [7, 11) is 0. The van der Waals surface area contributed by atoms with Gasteiger partial charge < -0.3 is 9.84 Å². The summed E-state index contributed by atoms with van der Waals surface area (Å²) < 4.78 is 45.2. The second kappa shape index (κ2) is 6.79. The second-order valence-electron chi connectivity index (χ2n) is 6.14. The molecule has 2 aromatic heterocycles. The van der Waals surface area contributed by atoms with Gasteiger partial charge in [0.05, 0.1) is 17.6 Å². The quantitative estimate of drug-likeness (QED) is 0.569. The van der Waals surface area contributed by atoms with E-state index in [1.165, 1.54) is 29.1 Å². The van der Waals surface area contributed by atoms with Gasteiger partial charge in [0.1, 0.15) is 5.15 Å². The number of halogens is 4. The summed E-state index contributed by atoms with van der Waals surface area (Å²) in [5, 5.41) is 12.9. The Labute approximate surface area is 151 Å². The Balaban J connectivity index is 1.55. The molecule has 3 rings (SSSR count). The lowest BCUT2D eigenvalue weighted by Gasteiger charge is -2.18. The highest BCUT2D eigenvalue weighted by Gasteiger charge is 2.62. The van der Waals surface area contributed by atoms with Crippen LogP contribution in [0.2, 0.25) is 5.15 Å². The van der Waals surface area contributed by atoms with Crippen molar-refractivity contribution in [2.24, 2.45) is 5.41 Å². The largest absolute Gasteiger partial charge is 0.478 e. The summed E-state index contributed by atoms with van der Waals surface area (Å²) in [5.41, 5.74) is -1.65. The lowest BCUT2D eigenvalue weighted by atomic mass is 10.0. The zero-order valence-electron chi connectivity index (χ0n) is 13.5. The van der Waals surface area contributed by atoms with E-state index in [1.54, 1.807) is 0 Å². The SMILES string of the molecule is O=C(O)c1ccc(-n2ccc(OCCCC3(C(F)(F)F)CC3)n2)nc1Cl. The molecular weight excluding hydrogens is 375 g/mol. The van der Waals surface area contributed by atoms with Gasteiger partial charge in [-0.25, -0.2) is 14.5 Å². The molecule has 10 heteroatoms. The Bertz CT molecular complexity index is 819. The molecule has 0 saturated heterocycles. The molecule has 0 radical (unpaired) electrons. The van der Waals surface area contributed by atoms with Gasteiger partial charge in [-0.15, -0.1) is 5.10 Å². The molecule has 0 unspecified atom stereocenters. The van der Waals surface area contributed by atoms with Gasteiger partial charge in [-0.05, 0) is 37.8 Å². The topological polar surface area (TPSA) is 77.2 Å². The third-order valence-corrected chi connectivity index (χ3v) is 4.66. The molecule has 0 aromatic carbocycles. The first-order valence-electron chi connectivity index (χ1n) is 7.87. The average molecular weight is 390 g/mol. The van der Waals surface area contributed by atoms with Gasteiger partial charge in [0.15, 0.2) is 5.82 Å². The van der Waals surface area contributed by atoms with Crippen LogP contribution in [0.1, 0.15) is 36.0 Å². The number of alkyl halides is 3. The number of hydrogen-bond acceptors (Lipinski definition) is 4. The van der Waals surface area contributed by atoms with E-state index >= 15 is 0 Å². The normalized spacial score (nSPS) is 15.7. The number of carbonyl (C=O) groups is 1. The van der Waals surface area contributed by atoms with Crippen LogP contribution in [0, 0.1) is 5.41 Å². The van der Waals surface area contributed by atoms with E-state index < -0.39 is 17.6 Å². The standard InChI is InChI=1S/C16H15ClF3N3O3/c17-13-10(14(24)25)2-3-11(21-13)23-8-4-12(22-23)26-9-1-5-15(6-7-15)16(18,19)20/h2-4,8H,1,5-7,9H2,(H,24,25). The molecule has 1 saturated carbocycles. The van der Waals surface area contributed by atoms with Gasteiger partial charge in [-0.3, -0.25) is 0 Å². The third kappa shape index (κ3) is 3.77. The van der Waals surface area contributed by atoms with E-state index in [0.29, 0.717) is 5.82 Å². The Morgan fingerprint density at radius 2 is 2.08 bits per heavy atom. The zero-order chi connectivity index (χ0) is 18.9. The Kier molecular flexibility index (Phi) is 4.83. The molecular formula is C16H15ClF3N3O3. The smallest absolute Gasteiger partial charge is 0.394 e. The molecule has 26 heavy (non-hydrogen) atoms. The Hall–Kier alpha value is -2.29. The van der Waals surface area contributed by atoms with Crippen LogP contribution in [0.25, 0.3) is 5.82 Å². The van der Waals surface area contributed by atoms with Crippen molar-refractivity contribution in [1.29, 1.82) is 0 Å². The number of aromatic nitrogens is 3. The molecule has 2 heterocycles. The molecule has 2 aromatic rings. The van der Waals surface area contributed by atoms with Crippen LogP contribution < -0.4 is 4.74 Å². The van der Waals surface area contributed by atoms with Gasteiger partial charge >= 0.3 is 12.1 Å². The number of nitrogens with zero attached hydrogens (tertiary/aromatic N) is 3. The van der Waals surface area contributed by atoms with Crippen molar-refractivity contribution in [3.8, 4) is 11.7 Å². The minimum Gasteiger partial charge on any atom is -0.478 e. The summed E-state index contributed by atoms with van der Waals surface area (Å²) in [6, 6.07) is 4.28. The number of pyridine rings is 1. The Morgan fingerprint density at radius 3 is 2.65 bits per heavy atom. The fraction of sp³-hybridized carbons (Fsp3) is 0.438. The van der Waals surface area contributed by atoms with Gasteiger partial charge in [0.25, 0.3) is 0 Å². The highest BCUT2D eigenvalue weighted by Crippen LogP contribution is 2.60. The summed E-state index contributed by atoms with van der Waals surface area (Å²) in [6.45, 7) is 0.126. The molecule has 0 bridgehead atoms. The predicted octanol–water partition coefficient (Wildman–Crippen LogP) is 4.12. The predicted molar refractivity (Wildman–Crippen MR) is 85.8 cm³/mol. The van der Waals surface area contributed by atoms with E-state index in [4.69, 9.17) is 21.4 Å². The van der Waals surface area contributed by atoms with E-state index in [2.05, 4.69) is 10.1 Å². The number of aromatic carboxylic acids is 1. The maximum absolute atomic E-state index is 12.8. The first-order chi connectivity index (χ1) is 12.2. The minimum atomic E-state index is -4.15. The highest BCUT2D eigenvalue weighted by atomic mass is 35.5. The first-order valence-corrected chi connectivity index (χ1v) is 8.25. The molecule has 0 atom stereocenters. The monoisotopic (exact) mass is 389 g/mol. The minimum absolute atomic E-state index is 0.0466. The maximum Gasteiger partial charge on any atom is 0.394 e. The van der Waals surface area contributed by atoms with Crippen LogP contribution in [0.4, 0.5) is 13.2 Å². The number of carboxylic acid groups (broad SMARTS) is 1. The lowest BCUT2D eigenvalue weighted by molar-refractivity contribution is -0.189. The van der Waals surface area contributed by atoms with Crippen molar-refractivity contribution >= 4 is 17.6 Å². The molecule has 0 spiro atoms. The van der Waals surface area contributed by atoms with Crippen LogP contribution in [0.15, 0.2) is 24.4 Å². The molecule has 1 fully saturated rings. The third-order valence-electron chi connectivity index (χ3n) is 4.37. The molecule has 140 valence electrons. The molecule has 1 N–H and O–H groups in total. The Morgan fingerprint density at radius 1 is 1.35 bits per heavy atom. The van der Waals surface area contributed by atoms with Crippen molar-refractivity contribution in [3.63, 3.8) is 0 Å². The van der Waals surface area contributed by atoms with Gasteiger partial charge in [0.2, 0.25) is 5.88 Å². The van der Waals surface area contributed by atoms with E-state index in [9.17, 15) is 18.0 Å². The van der Waals surface area contributed by atoms with Crippen molar-refractivity contribution in [2.75, 3.05) is 6.61 Å². The van der Waals surface area contributed by atoms with Crippen LogP contribution in [-0.4, -0.2) is 38.6 Å². The number of rotatable bonds is 7. The number of ether oxygens (including phenoxy) is 1. The van der Waals surface area contributed by atoms with Gasteiger partial charge in [0, 0.05) is 12.3 Å². The molecule has 6 nitrogen and oxygen atoms in total. The molecule has 0 amide bonds. The van der Waals surface area contributed by atoms with Crippen molar-refractivity contribution < 1.29 is 27.8 Å². The number of carboxylic acids is 1. The van der Waals surface area contributed by atoms with Crippen LogP contribution >= 0.6 is 11.6 Å². The maximum atomic E-state index is 12.8. The van der Waals surface area contributed by atoms with Crippen molar-refractivity contribution in [3.05, 3.63) is 35.1 Å². The summed E-state index contributed by atoms with van der Waals surface area (Å²) in [4.78, 5) is 14.9. The number of hydrogen-bond donors (Lipinski definition) is 1. The fourth-order valence-electron chi connectivity index (χ4n) is 2.64. The zero-order valence-corrected chi connectivity index (χ0v) is 14.2. The molecule has 1 aliphatic rings. The lowest BCUT2D eigenvalue weighted by Crippen LogP contribution is -2.24. The van der Waals surface area contributed by atoms with Crippen molar-refractivity contribution in [1.82, 2.24) is 14.8 Å². The van der Waals surface area contributed by atoms with Crippen molar-refractivity contribution in [2.45, 2.75) is 31.9 Å². The highest BCUT2D eigenvalue weighted by molar-refractivity contribution is 6.32. The summed E-state index contributed by atoms with van der Waals surface area (Å²) in [5.74, 6) is -0.656. The van der Waals surface area contributed by atoms with E-state index in [-0.39, 0.29) is 48.9 Å². The van der Waals surface area contributed by atoms with Gasteiger partial charge in [-0.2, -0.15) is 13.2 Å². The average Bonchev–Trinajstić information content (AvgIpc) is 3.22. The van der Waals surface area contributed by atoms with E-state index in [0.717, 1.165) is 0 Å². The van der Waals surface area contributed by atoms with Crippen LogP contribution in [0.5, 0.6) is 5.88 Å². The van der Waals surface area contributed by atoms with E-state index in [1.807, 2.05) is 0 Å². The second-order valence-corrected chi connectivity index (χ2v) is 6.50. The van der Waals surface area contributed by atoms with Crippen LogP contribution in [-0.2, 0) is 0 Å².